The van der Waals surface area contributed by atoms with Gasteiger partial charge in [-0.25, -0.2) is 0 Å². The zero-order valence-corrected chi connectivity index (χ0v) is 16.1. The van der Waals surface area contributed by atoms with Gasteiger partial charge >= 0.3 is 5.97 Å². The van der Waals surface area contributed by atoms with Crippen LogP contribution in [-0.2, 0) is 14.3 Å². The van der Waals surface area contributed by atoms with Crippen molar-refractivity contribution in [2.75, 3.05) is 27.3 Å². The van der Waals surface area contributed by atoms with Crippen LogP contribution in [0.2, 0.25) is 0 Å². The molecule has 0 aromatic heterocycles. The topological polar surface area (TPSA) is 55.8 Å². The molecule has 24 heavy (non-hydrogen) atoms. The fourth-order valence-electron chi connectivity index (χ4n) is 2.16. The summed E-state index contributed by atoms with van der Waals surface area (Å²) in [5, 5.41) is 0. The fourth-order valence-corrected chi connectivity index (χ4v) is 2.54. The Labute approximate surface area is 151 Å². The van der Waals surface area contributed by atoms with Gasteiger partial charge in [0.1, 0.15) is 5.75 Å². The Hall–Kier alpha value is -1.82. The van der Waals surface area contributed by atoms with Gasteiger partial charge in [-0.05, 0) is 30.2 Å². The summed E-state index contributed by atoms with van der Waals surface area (Å²) in [6, 6.07) is 5.58. The number of hydrogen-bond donors (Lipinski definition) is 0. The van der Waals surface area contributed by atoms with Gasteiger partial charge in [0.05, 0.1) is 20.6 Å². The number of carbonyl (C=O) groups is 2. The van der Waals surface area contributed by atoms with E-state index in [1.807, 2.05) is 32.0 Å². The molecule has 0 bridgehead atoms. The highest BCUT2D eigenvalue weighted by Crippen LogP contribution is 2.24. The van der Waals surface area contributed by atoms with Crippen molar-refractivity contribution in [1.29, 1.82) is 0 Å². The van der Waals surface area contributed by atoms with Crippen molar-refractivity contribution in [2.24, 2.45) is 5.92 Å². The van der Waals surface area contributed by atoms with Crippen LogP contribution in [0.5, 0.6) is 5.75 Å². The summed E-state index contributed by atoms with van der Waals surface area (Å²) in [5.41, 5.74) is 0.803. The van der Waals surface area contributed by atoms with Crippen LogP contribution >= 0.6 is 15.9 Å². The summed E-state index contributed by atoms with van der Waals surface area (Å²) in [6.45, 7) is 4.97. The van der Waals surface area contributed by atoms with E-state index in [-0.39, 0.29) is 18.3 Å². The monoisotopic (exact) mass is 397 g/mol. The van der Waals surface area contributed by atoms with Crippen molar-refractivity contribution < 1.29 is 19.1 Å². The van der Waals surface area contributed by atoms with Crippen LogP contribution in [0.3, 0.4) is 0 Å². The summed E-state index contributed by atoms with van der Waals surface area (Å²) < 4.78 is 10.8. The normalized spacial score (nSPS) is 10.9. The van der Waals surface area contributed by atoms with Crippen molar-refractivity contribution in [3.05, 3.63) is 34.3 Å². The van der Waals surface area contributed by atoms with Crippen LogP contribution in [0, 0.1) is 5.92 Å². The van der Waals surface area contributed by atoms with E-state index in [1.165, 1.54) is 13.2 Å². The minimum Gasteiger partial charge on any atom is -0.496 e. The molecule has 0 saturated heterocycles. The van der Waals surface area contributed by atoms with Gasteiger partial charge in [-0.1, -0.05) is 29.8 Å². The second-order valence-electron chi connectivity index (χ2n) is 5.72. The maximum Gasteiger partial charge on any atom is 0.307 e. The fraction of sp³-hybridized carbons (Fsp3) is 0.444. The zero-order chi connectivity index (χ0) is 18.1. The van der Waals surface area contributed by atoms with E-state index in [0.29, 0.717) is 24.8 Å². The summed E-state index contributed by atoms with van der Waals surface area (Å²) in [5.74, 6) is 0.524. The number of benzene rings is 1. The molecular weight excluding hydrogens is 374 g/mol. The number of hydrogen-bond acceptors (Lipinski definition) is 4. The molecule has 0 fully saturated rings. The van der Waals surface area contributed by atoms with E-state index < -0.39 is 0 Å². The Morgan fingerprint density at radius 1 is 1.29 bits per heavy atom. The SMILES string of the molecule is COC(=O)CCN(CC(C)C)C(=O)/C=C/c1cc(Br)ccc1OC. The maximum absolute atomic E-state index is 12.5. The number of carbonyl (C=O) groups excluding carboxylic acids is 2. The molecule has 5 nitrogen and oxygen atoms in total. The van der Waals surface area contributed by atoms with Crippen LogP contribution in [0.1, 0.15) is 25.8 Å². The lowest BCUT2D eigenvalue weighted by Gasteiger charge is -2.22. The van der Waals surface area contributed by atoms with Crippen LogP contribution in [0.15, 0.2) is 28.7 Å². The number of esters is 1. The number of methoxy groups -OCH3 is 2. The first kappa shape index (κ1) is 20.2. The summed E-state index contributed by atoms with van der Waals surface area (Å²) in [7, 11) is 2.93. The van der Waals surface area contributed by atoms with Gasteiger partial charge in [-0.15, -0.1) is 0 Å². The van der Waals surface area contributed by atoms with Crippen molar-refractivity contribution in [3.63, 3.8) is 0 Å². The molecule has 0 aliphatic carbocycles. The van der Waals surface area contributed by atoms with Gasteiger partial charge in [0, 0.05) is 29.2 Å². The predicted octanol–water partition coefficient (Wildman–Crippen LogP) is 3.52. The van der Waals surface area contributed by atoms with E-state index in [1.54, 1.807) is 18.1 Å². The largest absolute Gasteiger partial charge is 0.496 e. The van der Waals surface area contributed by atoms with Gasteiger partial charge in [0.2, 0.25) is 5.91 Å². The predicted molar refractivity (Wildman–Crippen MR) is 97.8 cm³/mol. The van der Waals surface area contributed by atoms with Gasteiger partial charge < -0.3 is 14.4 Å². The number of halogens is 1. The first-order valence-corrected chi connectivity index (χ1v) is 8.54. The molecule has 0 radical (unpaired) electrons. The molecule has 1 aromatic rings. The zero-order valence-electron chi connectivity index (χ0n) is 14.5. The lowest BCUT2D eigenvalue weighted by molar-refractivity contribution is -0.141. The Morgan fingerprint density at radius 2 is 2.00 bits per heavy atom. The molecule has 0 unspecified atom stereocenters. The maximum atomic E-state index is 12.5. The summed E-state index contributed by atoms with van der Waals surface area (Å²) in [6.07, 6.45) is 3.41. The standard InChI is InChI=1S/C18H24BrNO4/c1-13(2)12-20(10-9-18(22)24-4)17(21)8-5-14-11-15(19)6-7-16(14)23-3/h5-8,11,13H,9-10,12H2,1-4H3/b8-5+. The molecule has 0 saturated carbocycles. The highest BCUT2D eigenvalue weighted by atomic mass is 79.9. The Balaban J connectivity index is 2.86. The Kier molecular flexibility index (Phi) is 8.54. The average Bonchev–Trinajstić information content (AvgIpc) is 2.55. The average molecular weight is 398 g/mol. The van der Waals surface area contributed by atoms with E-state index >= 15 is 0 Å². The van der Waals surface area contributed by atoms with Crippen molar-refractivity contribution in [1.82, 2.24) is 4.90 Å². The molecule has 0 atom stereocenters. The van der Waals surface area contributed by atoms with Crippen LogP contribution in [0.4, 0.5) is 0 Å². The molecule has 1 aromatic carbocycles. The molecule has 0 aliphatic heterocycles. The van der Waals surface area contributed by atoms with Gasteiger partial charge in [-0.2, -0.15) is 0 Å². The van der Waals surface area contributed by atoms with Crippen molar-refractivity contribution in [3.8, 4) is 5.75 Å². The van der Waals surface area contributed by atoms with E-state index in [9.17, 15) is 9.59 Å². The van der Waals surface area contributed by atoms with Crippen LogP contribution in [-0.4, -0.2) is 44.1 Å². The third-order valence-electron chi connectivity index (χ3n) is 3.31. The third kappa shape index (κ3) is 6.74. The molecule has 0 N–H and O–H groups in total. The second-order valence-corrected chi connectivity index (χ2v) is 6.64. The first-order valence-electron chi connectivity index (χ1n) is 7.74. The molecule has 0 aliphatic rings. The molecule has 1 rings (SSSR count). The van der Waals surface area contributed by atoms with Gasteiger partial charge in [-0.3, -0.25) is 9.59 Å². The van der Waals surface area contributed by atoms with E-state index in [2.05, 4.69) is 20.7 Å². The van der Waals surface area contributed by atoms with E-state index in [0.717, 1.165) is 10.0 Å². The summed E-state index contributed by atoms with van der Waals surface area (Å²) in [4.78, 5) is 25.5. The molecular formula is C18H24BrNO4. The smallest absolute Gasteiger partial charge is 0.307 e. The summed E-state index contributed by atoms with van der Waals surface area (Å²) >= 11 is 3.41. The number of nitrogens with zero attached hydrogens (tertiary/aromatic N) is 1. The molecule has 132 valence electrons. The Bertz CT molecular complexity index is 599. The lowest BCUT2D eigenvalue weighted by atomic mass is 10.1. The third-order valence-corrected chi connectivity index (χ3v) is 3.80. The first-order chi connectivity index (χ1) is 11.4. The number of amides is 1. The lowest BCUT2D eigenvalue weighted by Crippen LogP contribution is -2.34. The van der Waals surface area contributed by atoms with Crippen LogP contribution < -0.4 is 4.74 Å². The molecule has 6 heteroatoms. The van der Waals surface area contributed by atoms with Crippen LogP contribution in [0.25, 0.3) is 6.08 Å². The minimum atomic E-state index is -0.325. The van der Waals surface area contributed by atoms with Gasteiger partial charge in [0.25, 0.3) is 0 Å². The Morgan fingerprint density at radius 3 is 2.58 bits per heavy atom. The molecule has 0 spiro atoms. The highest BCUT2D eigenvalue weighted by molar-refractivity contribution is 9.10. The molecule has 1 amide bonds. The number of rotatable bonds is 8. The van der Waals surface area contributed by atoms with Crippen molar-refractivity contribution >= 4 is 33.9 Å². The second kappa shape index (κ2) is 10.1. The molecule has 0 heterocycles. The van der Waals surface area contributed by atoms with Gasteiger partial charge in [0.15, 0.2) is 0 Å². The van der Waals surface area contributed by atoms with E-state index in [4.69, 9.17) is 4.74 Å². The number of ether oxygens (including phenoxy) is 2. The quantitative estimate of drug-likeness (QED) is 0.497. The highest BCUT2D eigenvalue weighted by Gasteiger charge is 2.14. The minimum absolute atomic E-state index is 0.144. The van der Waals surface area contributed by atoms with Crippen molar-refractivity contribution in [2.45, 2.75) is 20.3 Å².